The molecule has 0 spiro atoms. The fraction of sp³-hybridized carbons (Fsp3) is 0.429. The first-order valence-corrected chi connectivity index (χ1v) is 7.74. The van der Waals surface area contributed by atoms with Crippen molar-refractivity contribution in [2.24, 2.45) is 0 Å². The number of thiophene rings is 1. The molecule has 1 unspecified atom stereocenters. The van der Waals surface area contributed by atoms with E-state index in [1.54, 1.807) is 13.8 Å². The highest BCUT2D eigenvalue weighted by molar-refractivity contribution is 7.20. The number of hydrogen-bond acceptors (Lipinski definition) is 5. The number of aromatic nitrogens is 2. The predicted octanol–water partition coefficient (Wildman–Crippen LogP) is 1.38. The van der Waals surface area contributed by atoms with Crippen molar-refractivity contribution >= 4 is 33.4 Å². The van der Waals surface area contributed by atoms with Crippen LogP contribution >= 0.6 is 11.3 Å². The van der Waals surface area contributed by atoms with E-state index in [4.69, 9.17) is 5.11 Å². The minimum Gasteiger partial charge on any atom is -0.480 e. The van der Waals surface area contributed by atoms with E-state index in [1.165, 1.54) is 10.9 Å². The van der Waals surface area contributed by atoms with Crippen LogP contribution in [0.15, 0.2) is 11.1 Å². The van der Waals surface area contributed by atoms with Gasteiger partial charge in [-0.25, -0.2) is 9.78 Å². The largest absolute Gasteiger partial charge is 0.480 e. The number of hydrogen-bond donors (Lipinski definition) is 2. The number of fused-ring (bicyclic) bond motifs is 1. The van der Waals surface area contributed by atoms with Gasteiger partial charge >= 0.3 is 5.97 Å². The molecule has 2 N–H and O–H groups in total. The van der Waals surface area contributed by atoms with Crippen molar-refractivity contribution in [1.82, 2.24) is 14.9 Å². The quantitative estimate of drug-likeness (QED) is 0.865. The van der Waals surface area contributed by atoms with Gasteiger partial charge in [-0.05, 0) is 25.8 Å². The fourth-order valence-corrected chi connectivity index (χ4v) is 3.21. The van der Waals surface area contributed by atoms with Crippen molar-refractivity contribution in [3.8, 4) is 0 Å². The zero-order valence-corrected chi connectivity index (χ0v) is 13.4. The van der Waals surface area contributed by atoms with Crippen LogP contribution in [-0.2, 0) is 11.3 Å². The average molecular weight is 323 g/mol. The Morgan fingerprint density at radius 1 is 1.45 bits per heavy atom. The van der Waals surface area contributed by atoms with Gasteiger partial charge in [0.05, 0.1) is 16.6 Å². The van der Waals surface area contributed by atoms with Crippen LogP contribution in [0.3, 0.4) is 0 Å². The lowest BCUT2D eigenvalue weighted by Crippen LogP contribution is -2.40. The number of carboxylic acid groups (broad SMARTS) is 1. The summed E-state index contributed by atoms with van der Waals surface area (Å²) < 4.78 is 1.47. The van der Waals surface area contributed by atoms with Crippen molar-refractivity contribution in [1.29, 1.82) is 0 Å². The number of aryl methyl sites for hydroxylation is 2. The Morgan fingerprint density at radius 2 is 2.14 bits per heavy atom. The maximum atomic E-state index is 12.3. The van der Waals surface area contributed by atoms with Crippen molar-refractivity contribution in [3.63, 3.8) is 0 Å². The molecule has 0 aliphatic carbocycles. The van der Waals surface area contributed by atoms with Crippen molar-refractivity contribution < 1.29 is 14.7 Å². The van der Waals surface area contributed by atoms with Crippen LogP contribution in [0.2, 0.25) is 0 Å². The van der Waals surface area contributed by atoms with E-state index in [-0.39, 0.29) is 12.0 Å². The highest BCUT2D eigenvalue weighted by Crippen LogP contribution is 2.26. The molecule has 1 atom stereocenters. The molecule has 0 aliphatic rings. The molecule has 2 heterocycles. The molecule has 2 aromatic heterocycles. The highest BCUT2D eigenvalue weighted by Gasteiger charge is 2.23. The van der Waals surface area contributed by atoms with Crippen LogP contribution in [0.5, 0.6) is 0 Å². The van der Waals surface area contributed by atoms with Gasteiger partial charge in [0, 0.05) is 6.54 Å². The summed E-state index contributed by atoms with van der Waals surface area (Å²) in [5.41, 5.74) is 0.351. The number of carboxylic acids is 1. The second kappa shape index (κ2) is 6.27. The molecular formula is C14H17N3O4S. The van der Waals surface area contributed by atoms with Crippen LogP contribution in [0, 0.1) is 6.92 Å². The highest BCUT2D eigenvalue weighted by atomic mass is 32.1. The molecule has 2 aromatic rings. The normalized spacial score (nSPS) is 12.3. The molecule has 7 nitrogen and oxygen atoms in total. The van der Waals surface area contributed by atoms with Crippen LogP contribution in [0.25, 0.3) is 10.2 Å². The first-order chi connectivity index (χ1) is 10.4. The van der Waals surface area contributed by atoms with E-state index in [0.717, 1.165) is 11.3 Å². The number of carbonyl (C=O) groups is 2. The van der Waals surface area contributed by atoms with Crippen LogP contribution in [-0.4, -0.2) is 32.6 Å². The van der Waals surface area contributed by atoms with Crippen molar-refractivity contribution in [2.45, 2.75) is 39.8 Å². The SMILES string of the molecule is CCC(NC(=O)c1sc2ncn(CC)c(=O)c2c1C)C(=O)O. The topological polar surface area (TPSA) is 101 Å². The first kappa shape index (κ1) is 16.2. The average Bonchev–Trinajstić information content (AvgIpc) is 2.82. The third kappa shape index (κ3) is 2.74. The minimum absolute atomic E-state index is 0.189. The summed E-state index contributed by atoms with van der Waals surface area (Å²) in [6.07, 6.45) is 1.74. The Balaban J connectivity index is 2.47. The number of nitrogens with zero attached hydrogens (tertiary/aromatic N) is 2. The van der Waals surface area contributed by atoms with Crippen molar-refractivity contribution in [2.75, 3.05) is 0 Å². The van der Waals surface area contributed by atoms with E-state index >= 15 is 0 Å². The number of rotatable bonds is 5. The molecule has 0 fully saturated rings. The zero-order valence-electron chi connectivity index (χ0n) is 12.5. The molecule has 22 heavy (non-hydrogen) atoms. The first-order valence-electron chi connectivity index (χ1n) is 6.92. The monoisotopic (exact) mass is 323 g/mol. The predicted molar refractivity (Wildman–Crippen MR) is 83.5 cm³/mol. The molecule has 8 heteroatoms. The maximum absolute atomic E-state index is 12.3. The van der Waals surface area contributed by atoms with Crippen LogP contribution in [0.1, 0.15) is 35.5 Å². The standard InChI is InChI=1S/C14H17N3O4S/c1-4-8(14(20)21)16-11(18)10-7(3)9-12(22-10)15-6-17(5-2)13(9)19/h6,8H,4-5H2,1-3H3,(H,16,18)(H,20,21). The van der Waals surface area contributed by atoms with Gasteiger partial charge in [-0.2, -0.15) is 0 Å². The molecule has 0 aromatic carbocycles. The summed E-state index contributed by atoms with van der Waals surface area (Å²) in [5.74, 6) is -1.57. The number of carbonyl (C=O) groups excluding carboxylic acids is 1. The zero-order chi connectivity index (χ0) is 16.4. The van der Waals surface area contributed by atoms with Gasteiger partial charge in [-0.3, -0.25) is 14.2 Å². The third-order valence-corrected chi connectivity index (χ3v) is 4.67. The van der Waals surface area contributed by atoms with Gasteiger partial charge in [-0.15, -0.1) is 11.3 Å². The smallest absolute Gasteiger partial charge is 0.326 e. The van der Waals surface area contributed by atoms with E-state index in [1.807, 2.05) is 6.92 Å². The van der Waals surface area contributed by atoms with Gasteiger partial charge in [0.2, 0.25) is 0 Å². The number of nitrogens with one attached hydrogen (secondary N) is 1. The van der Waals surface area contributed by atoms with Gasteiger partial charge in [-0.1, -0.05) is 6.92 Å². The Kier molecular flexibility index (Phi) is 4.60. The molecule has 1 amide bonds. The van der Waals surface area contributed by atoms with E-state index in [0.29, 0.717) is 27.2 Å². The maximum Gasteiger partial charge on any atom is 0.326 e. The lowest BCUT2D eigenvalue weighted by molar-refractivity contribution is -0.139. The molecule has 0 saturated heterocycles. The fourth-order valence-electron chi connectivity index (χ4n) is 2.16. The molecular weight excluding hydrogens is 306 g/mol. The van der Waals surface area contributed by atoms with E-state index < -0.39 is 17.9 Å². The Labute approximate surface area is 130 Å². The van der Waals surface area contributed by atoms with Gasteiger partial charge < -0.3 is 10.4 Å². The summed E-state index contributed by atoms with van der Waals surface area (Å²) in [6.45, 7) is 5.69. The number of amides is 1. The molecule has 0 bridgehead atoms. The van der Waals surface area contributed by atoms with Crippen LogP contribution < -0.4 is 10.9 Å². The van der Waals surface area contributed by atoms with Crippen molar-refractivity contribution in [3.05, 3.63) is 27.1 Å². The second-order valence-electron chi connectivity index (χ2n) is 4.84. The van der Waals surface area contributed by atoms with E-state index in [2.05, 4.69) is 10.3 Å². The summed E-state index contributed by atoms with van der Waals surface area (Å²) >= 11 is 1.10. The van der Waals surface area contributed by atoms with E-state index in [9.17, 15) is 14.4 Å². The Bertz CT molecular complexity index is 793. The van der Waals surface area contributed by atoms with Gasteiger partial charge in [0.1, 0.15) is 10.9 Å². The molecule has 2 rings (SSSR count). The summed E-state index contributed by atoms with van der Waals surface area (Å²) in [5, 5.41) is 11.9. The Morgan fingerprint density at radius 3 is 2.68 bits per heavy atom. The number of aliphatic carboxylic acids is 1. The lowest BCUT2D eigenvalue weighted by Gasteiger charge is -2.11. The van der Waals surface area contributed by atoms with Gasteiger partial charge in [0.15, 0.2) is 0 Å². The van der Waals surface area contributed by atoms with Crippen LogP contribution in [0.4, 0.5) is 0 Å². The summed E-state index contributed by atoms with van der Waals surface area (Å²) in [6, 6.07) is -0.947. The summed E-state index contributed by atoms with van der Waals surface area (Å²) in [7, 11) is 0. The van der Waals surface area contributed by atoms with Gasteiger partial charge in [0.25, 0.3) is 11.5 Å². The molecule has 118 valence electrons. The third-order valence-electron chi connectivity index (χ3n) is 3.48. The molecule has 0 saturated carbocycles. The molecule has 0 radical (unpaired) electrons. The second-order valence-corrected chi connectivity index (χ2v) is 5.84. The summed E-state index contributed by atoms with van der Waals surface area (Å²) in [4.78, 5) is 40.6. The lowest BCUT2D eigenvalue weighted by atomic mass is 10.2. The Hall–Kier alpha value is -2.22. The molecule has 0 aliphatic heterocycles. The minimum atomic E-state index is -1.08.